The fourth-order valence-corrected chi connectivity index (χ4v) is 4.91. The first-order chi connectivity index (χ1) is 16.1. The number of nitrogens with one attached hydrogen (secondary N) is 1. The fourth-order valence-electron chi connectivity index (χ4n) is 4.91. The summed E-state index contributed by atoms with van der Waals surface area (Å²) in [5, 5.41) is 11.8. The summed E-state index contributed by atoms with van der Waals surface area (Å²) in [6, 6.07) is 11.4. The van der Waals surface area contributed by atoms with Gasteiger partial charge in [-0.15, -0.1) is 13.2 Å². The first-order valence-corrected chi connectivity index (χ1v) is 10.9. The van der Waals surface area contributed by atoms with Crippen molar-refractivity contribution in [2.45, 2.75) is 50.6 Å². The smallest absolute Gasteiger partial charge is 0.481 e. The number of hydrogen-bond acceptors (Lipinski definition) is 4. The van der Waals surface area contributed by atoms with Crippen molar-refractivity contribution in [1.82, 2.24) is 5.32 Å². The molecule has 1 saturated carbocycles. The number of para-hydroxylation sites is 1. The molecule has 1 fully saturated rings. The Kier molecular flexibility index (Phi) is 6.49. The van der Waals surface area contributed by atoms with Crippen LogP contribution >= 0.6 is 0 Å². The monoisotopic (exact) mass is 476 g/mol. The molecule has 3 atom stereocenters. The van der Waals surface area contributed by atoms with Crippen LogP contribution in [0.4, 0.5) is 18.9 Å². The van der Waals surface area contributed by atoms with E-state index >= 15 is 0 Å². The van der Waals surface area contributed by atoms with Gasteiger partial charge in [-0.3, -0.25) is 14.4 Å². The van der Waals surface area contributed by atoms with E-state index in [-0.39, 0.29) is 48.2 Å². The van der Waals surface area contributed by atoms with Crippen LogP contribution in [0.1, 0.15) is 54.1 Å². The molecule has 0 bridgehead atoms. The molecular weight excluding hydrogens is 453 g/mol. The summed E-state index contributed by atoms with van der Waals surface area (Å²) in [6.07, 6.45) is -2.91. The minimum absolute atomic E-state index is 0.0690. The van der Waals surface area contributed by atoms with Crippen molar-refractivity contribution >= 4 is 23.5 Å². The zero-order valence-electron chi connectivity index (χ0n) is 18.0. The minimum atomic E-state index is -4.82. The lowest BCUT2D eigenvalue weighted by Crippen LogP contribution is -2.51. The number of carboxylic acid groups (broad SMARTS) is 1. The van der Waals surface area contributed by atoms with Gasteiger partial charge < -0.3 is 20.1 Å². The summed E-state index contributed by atoms with van der Waals surface area (Å²) in [4.78, 5) is 38.5. The van der Waals surface area contributed by atoms with Crippen molar-refractivity contribution < 1.29 is 37.4 Å². The lowest BCUT2D eigenvalue weighted by molar-refractivity contribution is -0.274. The van der Waals surface area contributed by atoms with Gasteiger partial charge in [0.05, 0.1) is 12.5 Å². The first kappa shape index (κ1) is 23.6. The van der Waals surface area contributed by atoms with Gasteiger partial charge >= 0.3 is 12.3 Å². The average molecular weight is 476 g/mol. The number of halogens is 3. The number of carboxylic acids is 1. The standard InChI is InChI=1S/C24H23F3N2O5/c25-24(26,27)34-15-10-8-14(9-11-15)23(33)29-18-6-2-1-4-16(18)22(17-5-3-7-19(17)29)28-20(30)12-13-21(31)32/h1-2,4,6,8-11,17,19,22H,3,5,7,12-13H2,(H,28,30)(H,31,32). The number of rotatable bonds is 6. The number of aliphatic carboxylic acids is 1. The first-order valence-electron chi connectivity index (χ1n) is 10.9. The normalized spacial score (nSPS) is 21.4. The number of amides is 2. The van der Waals surface area contributed by atoms with Gasteiger partial charge in [-0.2, -0.15) is 0 Å². The van der Waals surface area contributed by atoms with Crippen LogP contribution in [-0.4, -0.2) is 35.3 Å². The molecule has 2 amide bonds. The molecule has 2 N–H and O–H groups in total. The highest BCUT2D eigenvalue weighted by Gasteiger charge is 2.46. The molecule has 180 valence electrons. The summed E-state index contributed by atoms with van der Waals surface area (Å²) >= 11 is 0. The number of carbonyl (C=O) groups excluding carboxylic acids is 2. The summed E-state index contributed by atoms with van der Waals surface area (Å²) < 4.78 is 41.3. The van der Waals surface area contributed by atoms with Crippen LogP contribution in [0.2, 0.25) is 0 Å². The Morgan fingerprint density at radius 3 is 2.41 bits per heavy atom. The SMILES string of the molecule is O=C(O)CCC(=O)NC1c2ccccc2N(C(=O)c2ccc(OC(F)(F)F)cc2)C2CCCC12. The molecule has 2 aliphatic rings. The van der Waals surface area contributed by atoms with Crippen LogP contribution in [0, 0.1) is 5.92 Å². The predicted octanol–water partition coefficient (Wildman–Crippen LogP) is 4.44. The van der Waals surface area contributed by atoms with E-state index in [9.17, 15) is 27.6 Å². The van der Waals surface area contributed by atoms with Gasteiger partial charge in [0.2, 0.25) is 5.91 Å². The van der Waals surface area contributed by atoms with Crippen LogP contribution < -0.4 is 15.0 Å². The number of nitrogens with zero attached hydrogens (tertiary/aromatic N) is 1. The highest BCUT2D eigenvalue weighted by Crippen LogP contribution is 2.48. The number of fused-ring (bicyclic) bond motifs is 2. The maximum Gasteiger partial charge on any atom is 0.573 e. The summed E-state index contributed by atoms with van der Waals surface area (Å²) in [5.74, 6) is -2.25. The largest absolute Gasteiger partial charge is 0.573 e. The molecule has 0 saturated heterocycles. The van der Waals surface area contributed by atoms with Crippen LogP contribution in [0.5, 0.6) is 5.75 Å². The molecule has 0 radical (unpaired) electrons. The molecule has 2 aromatic rings. The van der Waals surface area contributed by atoms with Crippen LogP contribution in [0.25, 0.3) is 0 Å². The molecule has 10 heteroatoms. The Morgan fingerprint density at radius 1 is 1.03 bits per heavy atom. The van der Waals surface area contributed by atoms with Crippen molar-refractivity contribution in [2.75, 3.05) is 4.90 Å². The van der Waals surface area contributed by atoms with Crippen LogP contribution in [0.15, 0.2) is 48.5 Å². The molecule has 2 aromatic carbocycles. The molecule has 1 aliphatic heterocycles. The van der Waals surface area contributed by atoms with E-state index in [1.807, 2.05) is 6.07 Å². The Bertz CT molecular complexity index is 1090. The average Bonchev–Trinajstić information content (AvgIpc) is 3.26. The molecular formula is C24H23F3N2O5. The summed E-state index contributed by atoms with van der Waals surface area (Å²) in [5.41, 5.74) is 1.59. The van der Waals surface area contributed by atoms with Crippen LogP contribution in [-0.2, 0) is 9.59 Å². The minimum Gasteiger partial charge on any atom is -0.481 e. The zero-order valence-corrected chi connectivity index (χ0v) is 18.0. The molecule has 0 spiro atoms. The Morgan fingerprint density at radius 2 is 1.74 bits per heavy atom. The Labute approximate surface area is 193 Å². The van der Waals surface area contributed by atoms with E-state index in [1.165, 1.54) is 12.1 Å². The maximum absolute atomic E-state index is 13.5. The van der Waals surface area contributed by atoms with Gasteiger partial charge in [-0.1, -0.05) is 24.6 Å². The topological polar surface area (TPSA) is 95.9 Å². The van der Waals surface area contributed by atoms with E-state index < -0.39 is 18.1 Å². The van der Waals surface area contributed by atoms with Gasteiger partial charge in [0.15, 0.2) is 0 Å². The van der Waals surface area contributed by atoms with Gasteiger partial charge in [-0.05, 0) is 48.7 Å². The molecule has 4 rings (SSSR count). The van der Waals surface area contributed by atoms with Crippen molar-refractivity contribution in [3.63, 3.8) is 0 Å². The van der Waals surface area contributed by atoms with Crippen molar-refractivity contribution in [1.29, 1.82) is 0 Å². The highest BCUT2D eigenvalue weighted by molar-refractivity contribution is 6.07. The van der Waals surface area contributed by atoms with Gasteiger partial charge in [0.25, 0.3) is 5.91 Å². The van der Waals surface area contributed by atoms with Crippen molar-refractivity contribution in [2.24, 2.45) is 5.92 Å². The lowest BCUT2D eigenvalue weighted by Gasteiger charge is -2.44. The van der Waals surface area contributed by atoms with Crippen molar-refractivity contribution in [3.8, 4) is 5.75 Å². The third-order valence-electron chi connectivity index (χ3n) is 6.26. The van der Waals surface area contributed by atoms with E-state index in [0.717, 1.165) is 30.5 Å². The molecule has 34 heavy (non-hydrogen) atoms. The van der Waals surface area contributed by atoms with Gasteiger partial charge in [0, 0.05) is 29.6 Å². The summed E-state index contributed by atoms with van der Waals surface area (Å²) in [7, 11) is 0. The lowest BCUT2D eigenvalue weighted by atomic mass is 9.82. The summed E-state index contributed by atoms with van der Waals surface area (Å²) in [6.45, 7) is 0. The second kappa shape index (κ2) is 9.36. The number of benzene rings is 2. The molecule has 0 aromatic heterocycles. The predicted molar refractivity (Wildman–Crippen MR) is 115 cm³/mol. The second-order valence-corrected chi connectivity index (χ2v) is 8.41. The quantitative estimate of drug-likeness (QED) is 0.643. The third kappa shape index (κ3) is 5.00. The number of anilines is 1. The number of hydrogen-bond donors (Lipinski definition) is 2. The van der Waals surface area contributed by atoms with E-state index in [0.29, 0.717) is 12.1 Å². The van der Waals surface area contributed by atoms with E-state index in [2.05, 4.69) is 10.1 Å². The Hall–Kier alpha value is -3.56. The van der Waals surface area contributed by atoms with E-state index in [4.69, 9.17) is 5.11 Å². The number of ether oxygens (including phenoxy) is 1. The van der Waals surface area contributed by atoms with Gasteiger partial charge in [0.1, 0.15) is 5.75 Å². The highest BCUT2D eigenvalue weighted by atomic mass is 19.4. The zero-order chi connectivity index (χ0) is 24.5. The Balaban J connectivity index is 1.62. The van der Waals surface area contributed by atoms with Gasteiger partial charge in [-0.25, -0.2) is 0 Å². The fraction of sp³-hybridized carbons (Fsp3) is 0.375. The van der Waals surface area contributed by atoms with Crippen LogP contribution in [0.3, 0.4) is 0 Å². The molecule has 1 aliphatic carbocycles. The molecule has 1 heterocycles. The second-order valence-electron chi connectivity index (χ2n) is 8.41. The molecule has 7 nitrogen and oxygen atoms in total. The maximum atomic E-state index is 13.5. The number of alkyl halides is 3. The van der Waals surface area contributed by atoms with E-state index in [1.54, 1.807) is 23.1 Å². The number of carbonyl (C=O) groups is 3. The molecule has 3 unspecified atom stereocenters. The van der Waals surface area contributed by atoms with Crippen molar-refractivity contribution in [3.05, 3.63) is 59.7 Å². The third-order valence-corrected chi connectivity index (χ3v) is 6.26.